The maximum absolute atomic E-state index is 13.1. The summed E-state index contributed by atoms with van der Waals surface area (Å²) in [7, 11) is 1.71. The van der Waals surface area contributed by atoms with Gasteiger partial charge in [0, 0.05) is 17.2 Å². The molecule has 0 N–H and O–H groups in total. The fraction of sp³-hybridized carbons (Fsp3) is 0.200. The van der Waals surface area contributed by atoms with Gasteiger partial charge in [-0.25, -0.2) is 4.39 Å². The van der Waals surface area contributed by atoms with E-state index in [1.165, 1.54) is 16.4 Å². The van der Waals surface area contributed by atoms with Crippen LogP contribution in [0.4, 0.5) is 4.39 Å². The minimum atomic E-state index is -3.86. The predicted molar refractivity (Wildman–Crippen MR) is 79.9 cm³/mol. The van der Waals surface area contributed by atoms with Crippen molar-refractivity contribution >= 4 is 19.9 Å². The summed E-state index contributed by atoms with van der Waals surface area (Å²) < 4.78 is 38.1. The van der Waals surface area contributed by atoms with Gasteiger partial charge in [-0.3, -0.25) is 0 Å². The molecule has 0 spiro atoms. The molecule has 1 heterocycles. The number of fused-ring (bicyclic) bond motifs is 1. The Balaban J connectivity index is 2.16. The zero-order valence-electron chi connectivity index (χ0n) is 11.0. The second-order valence-corrected chi connectivity index (χ2v) is 7.42. The summed E-state index contributed by atoms with van der Waals surface area (Å²) in [5.41, 5.74) is 2.68. The highest BCUT2D eigenvalue weighted by Crippen LogP contribution is 2.37. The van der Waals surface area contributed by atoms with Crippen LogP contribution in [0, 0.1) is 5.82 Å². The smallest absolute Gasteiger partial charge is 0.207 e. The number of halogens is 2. The molecule has 0 fully saturated rings. The van der Waals surface area contributed by atoms with Crippen molar-refractivity contribution in [3.63, 3.8) is 0 Å². The topological polar surface area (TPSA) is 37.4 Å². The molecule has 0 radical (unpaired) electrons. The molecular weight excluding hydrogens is 313 g/mol. The van der Waals surface area contributed by atoms with E-state index in [0.717, 1.165) is 11.1 Å². The van der Waals surface area contributed by atoms with Gasteiger partial charge in [0.15, 0.2) is 0 Å². The Kier molecular flexibility index (Phi) is 3.73. The van der Waals surface area contributed by atoms with Crippen molar-refractivity contribution in [2.45, 2.75) is 12.5 Å². The van der Waals surface area contributed by atoms with E-state index < -0.39 is 15.3 Å². The minimum absolute atomic E-state index is 0.310. The van der Waals surface area contributed by atoms with E-state index in [2.05, 4.69) is 0 Å². The zero-order chi connectivity index (χ0) is 15.0. The average molecular weight is 326 g/mol. The second kappa shape index (κ2) is 5.40. The third-order valence-corrected chi connectivity index (χ3v) is 5.19. The SMILES string of the molecule is O=S(=O)(Cl)N1CCc2ccccc2[C@@H]1c1ccc(F)cc1. The summed E-state index contributed by atoms with van der Waals surface area (Å²) >= 11 is 0. The third kappa shape index (κ3) is 2.81. The molecule has 0 aliphatic carbocycles. The van der Waals surface area contributed by atoms with Crippen molar-refractivity contribution in [3.8, 4) is 0 Å². The Labute approximate surface area is 127 Å². The van der Waals surface area contributed by atoms with Crippen molar-refractivity contribution in [1.82, 2.24) is 4.31 Å². The highest BCUT2D eigenvalue weighted by Gasteiger charge is 2.35. The van der Waals surface area contributed by atoms with E-state index in [4.69, 9.17) is 10.7 Å². The molecule has 0 saturated heterocycles. The number of hydrogen-bond acceptors (Lipinski definition) is 2. The molecule has 2 aromatic rings. The van der Waals surface area contributed by atoms with Gasteiger partial charge >= 0.3 is 9.24 Å². The number of hydrogen-bond donors (Lipinski definition) is 0. The number of rotatable bonds is 2. The molecular formula is C15H13ClFNO2S. The van der Waals surface area contributed by atoms with Crippen molar-refractivity contribution in [2.75, 3.05) is 6.54 Å². The van der Waals surface area contributed by atoms with E-state index in [1.807, 2.05) is 24.3 Å². The van der Waals surface area contributed by atoms with Gasteiger partial charge in [-0.05, 0) is 35.2 Å². The van der Waals surface area contributed by atoms with Gasteiger partial charge in [0.05, 0.1) is 6.04 Å². The van der Waals surface area contributed by atoms with Crippen LogP contribution in [-0.2, 0) is 15.7 Å². The van der Waals surface area contributed by atoms with Gasteiger partial charge in [0.1, 0.15) is 5.82 Å². The highest BCUT2D eigenvalue weighted by molar-refractivity contribution is 8.11. The van der Waals surface area contributed by atoms with Crippen LogP contribution in [0.2, 0.25) is 0 Å². The van der Waals surface area contributed by atoms with Crippen LogP contribution >= 0.6 is 10.7 Å². The molecule has 1 aliphatic heterocycles. The highest BCUT2D eigenvalue weighted by atomic mass is 35.7. The van der Waals surface area contributed by atoms with Crippen molar-refractivity contribution < 1.29 is 12.8 Å². The van der Waals surface area contributed by atoms with E-state index in [-0.39, 0.29) is 5.82 Å². The largest absolute Gasteiger partial charge is 0.300 e. The van der Waals surface area contributed by atoms with Crippen LogP contribution in [0.15, 0.2) is 48.5 Å². The maximum Gasteiger partial charge on any atom is 0.300 e. The summed E-state index contributed by atoms with van der Waals surface area (Å²) in [5, 5.41) is 0. The van der Waals surface area contributed by atoms with Crippen LogP contribution in [0.25, 0.3) is 0 Å². The predicted octanol–water partition coefficient (Wildman–Crippen LogP) is 3.26. The Bertz CT molecular complexity index is 761. The molecule has 3 rings (SSSR count). The van der Waals surface area contributed by atoms with Crippen molar-refractivity contribution in [2.24, 2.45) is 0 Å². The monoisotopic (exact) mass is 325 g/mol. The lowest BCUT2D eigenvalue weighted by Crippen LogP contribution is -2.38. The van der Waals surface area contributed by atoms with Crippen LogP contribution in [0.5, 0.6) is 0 Å². The molecule has 0 unspecified atom stereocenters. The van der Waals surface area contributed by atoms with Crippen LogP contribution in [-0.4, -0.2) is 19.3 Å². The zero-order valence-corrected chi connectivity index (χ0v) is 12.6. The molecule has 21 heavy (non-hydrogen) atoms. The summed E-state index contributed by atoms with van der Waals surface area (Å²) in [6.45, 7) is 0.310. The van der Waals surface area contributed by atoms with Crippen molar-refractivity contribution in [1.29, 1.82) is 0 Å². The van der Waals surface area contributed by atoms with Crippen molar-refractivity contribution in [3.05, 3.63) is 71.0 Å². The average Bonchev–Trinajstić information content (AvgIpc) is 2.46. The lowest BCUT2D eigenvalue weighted by molar-refractivity contribution is 0.351. The Hall–Kier alpha value is -1.43. The van der Waals surface area contributed by atoms with Gasteiger partial charge in [-0.2, -0.15) is 12.7 Å². The molecule has 1 aliphatic rings. The summed E-state index contributed by atoms with van der Waals surface area (Å²) in [5.74, 6) is -0.358. The molecule has 110 valence electrons. The summed E-state index contributed by atoms with van der Waals surface area (Å²) in [6.07, 6.45) is 0.611. The minimum Gasteiger partial charge on any atom is -0.207 e. The summed E-state index contributed by atoms with van der Waals surface area (Å²) in [4.78, 5) is 0. The Morgan fingerprint density at radius 3 is 2.43 bits per heavy atom. The molecule has 6 heteroatoms. The van der Waals surface area contributed by atoms with Crippen LogP contribution in [0.1, 0.15) is 22.7 Å². The van der Waals surface area contributed by atoms with Gasteiger partial charge < -0.3 is 0 Å². The summed E-state index contributed by atoms with van der Waals surface area (Å²) in [6, 6.07) is 13.0. The molecule has 3 nitrogen and oxygen atoms in total. The first-order valence-corrected chi connectivity index (χ1v) is 8.78. The molecule has 2 aromatic carbocycles. The van der Waals surface area contributed by atoms with Crippen LogP contribution in [0.3, 0.4) is 0 Å². The second-order valence-electron chi connectivity index (χ2n) is 4.96. The number of nitrogens with zero attached hydrogens (tertiary/aromatic N) is 1. The Morgan fingerprint density at radius 1 is 1.10 bits per heavy atom. The molecule has 0 amide bonds. The quantitative estimate of drug-likeness (QED) is 0.795. The first-order valence-electron chi connectivity index (χ1n) is 6.51. The lowest BCUT2D eigenvalue weighted by Gasteiger charge is -2.34. The number of benzene rings is 2. The fourth-order valence-electron chi connectivity index (χ4n) is 2.77. The standard InChI is InChI=1S/C15H13ClFNO2S/c16-21(19,20)18-10-9-11-3-1-2-4-14(11)15(18)12-5-7-13(17)8-6-12/h1-8,15H,9-10H2/t15-/m0/s1. The molecule has 0 aromatic heterocycles. The van der Waals surface area contributed by atoms with E-state index >= 15 is 0 Å². The van der Waals surface area contributed by atoms with Gasteiger partial charge in [-0.1, -0.05) is 36.4 Å². The maximum atomic E-state index is 13.1. The normalized spacial score (nSPS) is 19.2. The van der Waals surface area contributed by atoms with Gasteiger partial charge in [0.2, 0.25) is 0 Å². The molecule has 1 atom stereocenters. The molecule has 0 bridgehead atoms. The van der Waals surface area contributed by atoms with E-state index in [1.54, 1.807) is 12.1 Å². The Morgan fingerprint density at radius 2 is 1.76 bits per heavy atom. The van der Waals surface area contributed by atoms with E-state index in [9.17, 15) is 12.8 Å². The lowest BCUT2D eigenvalue weighted by atomic mass is 9.90. The van der Waals surface area contributed by atoms with E-state index in [0.29, 0.717) is 18.5 Å². The first-order chi connectivity index (χ1) is 9.97. The third-order valence-electron chi connectivity index (χ3n) is 3.71. The molecule has 0 saturated carbocycles. The van der Waals surface area contributed by atoms with Gasteiger partial charge in [0.25, 0.3) is 0 Å². The van der Waals surface area contributed by atoms with Gasteiger partial charge in [-0.15, -0.1) is 0 Å². The van der Waals surface area contributed by atoms with Crippen LogP contribution < -0.4 is 0 Å². The fourth-order valence-corrected chi connectivity index (χ4v) is 4.01. The first kappa shape index (κ1) is 14.5.